The summed E-state index contributed by atoms with van der Waals surface area (Å²) >= 11 is 9.91. The highest BCUT2D eigenvalue weighted by Crippen LogP contribution is 2.37. The highest BCUT2D eigenvalue weighted by Gasteiger charge is 2.20. The lowest BCUT2D eigenvalue weighted by Crippen LogP contribution is -2.13. The Kier molecular flexibility index (Phi) is 7.90. The van der Waals surface area contributed by atoms with Gasteiger partial charge >= 0.3 is 10.1 Å². The van der Waals surface area contributed by atoms with Gasteiger partial charge in [-0.3, -0.25) is 4.79 Å². The minimum atomic E-state index is -4.05. The van der Waals surface area contributed by atoms with Crippen molar-refractivity contribution < 1.29 is 17.4 Å². The van der Waals surface area contributed by atoms with Crippen molar-refractivity contribution in [3.05, 3.63) is 91.3 Å². The summed E-state index contributed by atoms with van der Waals surface area (Å²) in [5.74, 6) is -0.530. The number of nitrogens with zero attached hydrogens (tertiary/aromatic N) is 1. The van der Waals surface area contributed by atoms with E-state index < -0.39 is 16.0 Å². The first-order valence-corrected chi connectivity index (χ1v) is 12.7. The second-order valence-electron chi connectivity index (χ2n) is 6.30. The SMILES string of the molecule is N#C/C(=C\c1cc(Br)c(OS(=O)(=O)c2ccccc2)c(Br)c1)C(=O)Nc1ccc(Br)cc1. The molecule has 0 heterocycles. The molecule has 0 saturated heterocycles. The molecule has 0 fully saturated rings. The summed E-state index contributed by atoms with van der Waals surface area (Å²) in [4.78, 5) is 12.5. The second kappa shape index (κ2) is 10.4. The minimum Gasteiger partial charge on any atom is -0.377 e. The normalized spacial score (nSPS) is 11.5. The van der Waals surface area contributed by atoms with Crippen LogP contribution in [0, 0.1) is 11.3 Å². The highest BCUT2D eigenvalue weighted by molar-refractivity contribution is 9.11. The number of amides is 1. The average molecular weight is 641 g/mol. The van der Waals surface area contributed by atoms with Crippen LogP contribution in [-0.2, 0) is 14.9 Å². The molecule has 0 aliphatic heterocycles. The van der Waals surface area contributed by atoms with Crippen LogP contribution >= 0.6 is 47.8 Å². The summed E-state index contributed by atoms with van der Waals surface area (Å²) < 4.78 is 31.8. The van der Waals surface area contributed by atoms with Crippen LogP contribution < -0.4 is 9.50 Å². The van der Waals surface area contributed by atoms with Gasteiger partial charge in [0, 0.05) is 10.2 Å². The maximum Gasteiger partial charge on any atom is 0.339 e. The van der Waals surface area contributed by atoms with Crippen molar-refractivity contribution in [1.82, 2.24) is 0 Å². The Balaban J connectivity index is 1.86. The van der Waals surface area contributed by atoms with E-state index in [1.165, 1.54) is 18.2 Å². The van der Waals surface area contributed by atoms with Crippen molar-refractivity contribution in [2.45, 2.75) is 4.90 Å². The molecule has 6 nitrogen and oxygen atoms in total. The fourth-order valence-corrected chi connectivity index (χ4v) is 5.38. The molecule has 0 atom stereocenters. The predicted octanol–water partition coefficient (Wildman–Crippen LogP) is 6.29. The van der Waals surface area contributed by atoms with Crippen LogP contribution in [0.3, 0.4) is 0 Å². The molecule has 3 rings (SSSR count). The van der Waals surface area contributed by atoms with E-state index in [2.05, 4.69) is 53.1 Å². The Morgan fingerprint density at radius 3 is 2.12 bits per heavy atom. The predicted molar refractivity (Wildman–Crippen MR) is 132 cm³/mol. The van der Waals surface area contributed by atoms with Crippen LogP contribution in [0.5, 0.6) is 5.75 Å². The molecule has 0 unspecified atom stereocenters. The van der Waals surface area contributed by atoms with E-state index in [9.17, 15) is 18.5 Å². The summed E-state index contributed by atoms with van der Waals surface area (Å²) in [6, 6.07) is 19.6. The van der Waals surface area contributed by atoms with Gasteiger partial charge in [0.15, 0.2) is 5.75 Å². The summed E-state index contributed by atoms with van der Waals surface area (Å²) in [6.45, 7) is 0. The first-order valence-electron chi connectivity index (χ1n) is 8.87. The molecule has 0 spiro atoms. The highest BCUT2D eigenvalue weighted by atomic mass is 79.9. The zero-order valence-electron chi connectivity index (χ0n) is 16.1. The number of hydrogen-bond acceptors (Lipinski definition) is 5. The molecule has 32 heavy (non-hydrogen) atoms. The molecular formula is C22H13Br3N2O4S. The topological polar surface area (TPSA) is 96.3 Å². The smallest absolute Gasteiger partial charge is 0.339 e. The number of nitriles is 1. The number of rotatable bonds is 6. The van der Waals surface area contributed by atoms with Crippen LogP contribution in [0.2, 0.25) is 0 Å². The average Bonchev–Trinajstić information content (AvgIpc) is 2.77. The number of hydrogen-bond donors (Lipinski definition) is 1. The third kappa shape index (κ3) is 6.07. The zero-order valence-corrected chi connectivity index (χ0v) is 21.6. The standard InChI is InChI=1S/C22H13Br3N2O4S/c23-16-6-8-17(9-7-16)27-22(28)15(13-26)10-14-11-19(24)21(20(25)12-14)31-32(29,30)18-4-2-1-3-5-18/h1-12H,(H,27,28)/b15-10+. The van der Waals surface area contributed by atoms with Gasteiger partial charge in [-0.15, -0.1) is 0 Å². The molecule has 0 aromatic heterocycles. The van der Waals surface area contributed by atoms with Crippen LogP contribution in [0.25, 0.3) is 6.08 Å². The van der Waals surface area contributed by atoms with E-state index >= 15 is 0 Å². The van der Waals surface area contributed by atoms with Gasteiger partial charge in [-0.2, -0.15) is 13.7 Å². The summed E-state index contributed by atoms with van der Waals surface area (Å²) in [5.41, 5.74) is 0.893. The van der Waals surface area contributed by atoms with Crippen molar-refractivity contribution in [1.29, 1.82) is 5.26 Å². The van der Waals surface area contributed by atoms with E-state index in [0.29, 0.717) is 20.2 Å². The summed E-state index contributed by atoms with van der Waals surface area (Å²) in [5, 5.41) is 12.1. The largest absolute Gasteiger partial charge is 0.377 e. The van der Waals surface area contributed by atoms with E-state index in [1.54, 1.807) is 54.6 Å². The monoisotopic (exact) mass is 638 g/mol. The Hall–Kier alpha value is -2.45. The van der Waals surface area contributed by atoms with Crippen LogP contribution in [0.1, 0.15) is 5.56 Å². The number of carbonyl (C=O) groups excluding carboxylic acids is 1. The molecule has 0 aliphatic carbocycles. The van der Waals surface area contributed by atoms with Gasteiger partial charge in [-0.25, -0.2) is 0 Å². The third-order valence-corrected chi connectivity index (χ3v) is 6.97. The van der Waals surface area contributed by atoms with E-state index in [4.69, 9.17) is 4.18 Å². The van der Waals surface area contributed by atoms with Gasteiger partial charge in [0.25, 0.3) is 5.91 Å². The van der Waals surface area contributed by atoms with Gasteiger partial charge in [-0.05, 0) is 92.0 Å². The number of carbonyl (C=O) groups is 1. The first kappa shape index (κ1) is 24.2. The lowest BCUT2D eigenvalue weighted by Gasteiger charge is -2.11. The molecule has 1 amide bonds. The van der Waals surface area contributed by atoms with Gasteiger partial charge in [0.1, 0.15) is 16.5 Å². The number of benzene rings is 3. The Labute approximate surface area is 210 Å². The van der Waals surface area contributed by atoms with Crippen LogP contribution in [0.15, 0.2) is 90.6 Å². The van der Waals surface area contributed by atoms with Crippen molar-refractivity contribution in [2.75, 3.05) is 5.32 Å². The third-order valence-electron chi connectivity index (χ3n) is 4.02. The number of anilines is 1. The van der Waals surface area contributed by atoms with E-state index in [-0.39, 0.29) is 16.2 Å². The summed E-state index contributed by atoms with van der Waals surface area (Å²) in [7, 11) is -4.05. The molecule has 162 valence electrons. The molecule has 0 radical (unpaired) electrons. The van der Waals surface area contributed by atoms with Gasteiger partial charge in [0.05, 0.1) is 8.95 Å². The van der Waals surface area contributed by atoms with Crippen molar-refractivity contribution >= 4 is 75.6 Å². The first-order chi connectivity index (χ1) is 15.2. The summed E-state index contributed by atoms with van der Waals surface area (Å²) in [6.07, 6.45) is 1.39. The minimum absolute atomic E-state index is 0.0131. The maximum absolute atomic E-state index is 12.5. The maximum atomic E-state index is 12.5. The molecular weight excluding hydrogens is 628 g/mol. The van der Waals surface area contributed by atoms with Gasteiger partial charge in [-0.1, -0.05) is 34.1 Å². The number of nitrogens with one attached hydrogen (secondary N) is 1. The van der Waals surface area contributed by atoms with E-state index in [1.807, 2.05) is 6.07 Å². The molecule has 10 heteroatoms. The Morgan fingerprint density at radius 2 is 1.56 bits per heavy atom. The van der Waals surface area contributed by atoms with Gasteiger partial charge < -0.3 is 9.50 Å². The zero-order chi connectivity index (χ0) is 23.3. The van der Waals surface area contributed by atoms with Gasteiger partial charge in [0.2, 0.25) is 0 Å². The molecule has 0 aliphatic rings. The second-order valence-corrected chi connectivity index (χ2v) is 10.5. The molecule has 0 bridgehead atoms. The molecule has 1 N–H and O–H groups in total. The molecule has 0 saturated carbocycles. The lowest BCUT2D eigenvalue weighted by atomic mass is 10.1. The fraction of sp³-hybridized carbons (Fsp3) is 0. The van der Waals surface area contributed by atoms with Crippen molar-refractivity contribution in [2.24, 2.45) is 0 Å². The van der Waals surface area contributed by atoms with Crippen molar-refractivity contribution in [3.8, 4) is 11.8 Å². The van der Waals surface area contributed by atoms with E-state index in [0.717, 1.165) is 4.47 Å². The Morgan fingerprint density at radius 1 is 0.969 bits per heavy atom. The lowest BCUT2D eigenvalue weighted by molar-refractivity contribution is -0.112. The van der Waals surface area contributed by atoms with Crippen LogP contribution in [-0.4, -0.2) is 14.3 Å². The number of halogens is 3. The molecule has 3 aromatic carbocycles. The van der Waals surface area contributed by atoms with Crippen molar-refractivity contribution in [3.63, 3.8) is 0 Å². The quantitative estimate of drug-likeness (QED) is 0.194. The van der Waals surface area contributed by atoms with Crippen LogP contribution in [0.4, 0.5) is 5.69 Å². The Bertz CT molecular complexity index is 1310. The molecule has 3 aromatic rings. The fourth-order valence-electron chi connectivity index (χ4n) is 2.53.